The average molecular weight is 472 g/mol. The van der Waals surface area contributed by atoms with E-state index in [2.05, 4.69) is 20.6 Å². The first-order valence-corrected chi connectivity index (χ1v) is 10.9. The number of ether oxygens (including phenoxy) is 1. The number of aromatic hydroxyl groups is 1. The average Bonchev–Trinajstić information content (AvgIpc) is 3.32. The van der Waals surface area contributed by atoms with Gasteiger partial charge in [-0.1, -0.05) is 6.07 Å². The second-order valence-corrected chi connectivity index (χ2v) is 7.47. The fraction of sp³-hybridized carbons (Fsp3) is 0.391. The van der Waals surface area contributed by atoms with Gasteiger partial charge in [-0.3, -0.25) is 9.79 Å². The molecule has 184 valence electrons. The topological polar surface area (TPSA) is 169 Å². The molecule has 0 saturated carbocycles. The highest BCUT2D eigenvalue weighted by Crippen LogP contribution is 2.26. The maximum atomic E-state index is 12.7. The lowest BCUT2D eigenvalue weighted by Crippen LogP contribution is -2.42. The van der Waals surface area contributed by atoms with E-state index in [0.29, 0.717) is 24.4 Å². The van der Waals surface area contributed by atoms with Crippen molar-refractivity contribution in [1.82, 2.24) is 15.5 Å². The molecule has 0 unspecified atom stereocenters. The molecule has 1 amide bonds. The van der Waals surface area contributed by atoms with Gasteiger partial charge in [0.2, 0.25) is 5.91 Å². The first kappa shape index (κ1) is 26.6. The van der Waals surface area contributed by atoms with E-state index in [1.165, 1.54) is 31.8 Å². The minimum atomic E-state index is -0.343. The summed E-state index contributed by atoms with van der Waals surface area (Å²) < 4.78 is 5.05. The Hall–Kier alpha value is -3.70. The van der Waals surface area contributed by atoms with Gasteiger partial charge in [-0.05, 0) is 36.6 Å². The van der Waals surface area contributed by atoms with Gasteiger partial charge >= 0.3 is 0 Å². The van der Waals surface area contributed by atoms with Crippen LogP contribution in [0.25, 0.3) is 0 Å². The van der Waals surface area contributed by atoms with E-state index in [9.17, 15) is 15.0 Å². The third kappa shape index (κ3) is 8.34. The van der Waals surface area contributed by atoms with Gasteiger partial charge < -0.3 is 41.6 Å². The minimum Gasteiger partial charge on any atom is -0.504 e. The Morgan fingerprint density at radius 1 is 1.44 bits per heavy atom. The maximum absolute atomic E-state index is 12.7. The second-order valence-electron chi connectivity index (χ2n) is 7.47. The quantitative estimate of drug-likeness (QED) is 0.146. The minimum absolute atomic E-state index is 0.00466. The summed E-state index contributed by atoms with van der Waals surface area (Å²) in [7, 11) is 1.48. The molecular weight excluding hydrogens is 438 g/mol. The van der Waals surface area contributed by atoms with Gasteiger partial charge in [-0.25, -0.2) is 4.99 Å². The largest absolute Gasteiger partial charge is 0.504 e. The van der Waals surface area contributed by atoms with Crippen molar-refractivity contribution in [2.75, 3.05) is 33.4 Å². The zero-order valence-electron chi connectivity index (χ0n) is 19.3. The highest BCUT2D eigenvalue weighted by atomic mass is 16.5. The molecule has 1 aromatic rings. The van der Waals surface area contributed by atoms with Crippen LogP contribution in [0.2, 0.25) is 0 Å². The van der Waals surface area contributed by atoms with Crippen LogP contribution in [0.4, 0.5) is 0 Å². The predicted molar refractivity (Wildman–Crippen MR) is 132 cm³/mol. The number of guanidine groups is 1. The van der Waals surface area contributed by atoms with E-state index in [4.69, 9.17) is 15.9 Å². The number of nitrogens with zero attached hydrogens (tertiary/aromatic N) is 3. The van der Waals surface area contributed by atoms with Gasteiger partial charge in [0.25, 0.3) is 0 Å². The smallest absolute Gasteiger partial charge is 0.250 e. The Kier molecular flexibility index (Phi) is 11.3. The number of hydrogen-bond acceptors (Lipinski definition) is 8. The third-order valence-corrected chi connectivity index (χ3v) is 5.14. The molecule has 1 aliphatic rings. The monoisotopic (exact) mass is 471 g/mol. The number of allylic oxidation sites excluding steroid dienone is 1. The van der Waals surface area contributed by atoms with Gasteiger partial charge in [0, 0.05) is 50.0 Å². The summed E-state index contributed by atoms with van der Waals surface area (Å²) in [5, 5.41) is 32.3. The van der Waals surface area contributed by atoms with Crippen LogP contribution >= 0.6 is 0 Å². The van der Waals surface area contributed by atoms with Crippen molar-refractivity contribution in [3.05, 3.63) is 47.8 Å². The fourth-order valence-electron chi connectivity index (χ4n) is 3.38. The molecule has 11 nitrogen and oxygen atoms in total. The second kappa shape index (κ2) is 14.4. The first-order valence-electron chi connectivity index (χ1n) is 10.9. The molecule has 0 radical (unpaired) electrons. The van der Waals surface area contributed by atoms with E-state index in [0.717, 1.165) is 24.6 Å². The number of phenols is 1. The zero-order chi connectivity index (χ0) is 24.8. The number of rotatable bonds is 12. The summed E-state index contributed by atoms with van der Waals surface area (Å²) in [6, 6.07) is 5.00. The van der Waals surface area contributed by atoms with Crippen molar-refractivity contribution >= 4 is 24.3 Å². The molecule has 1 saturated heterocycles. The number of hydrogen-bond donors (Lipinski definition) is 6. The highest BCUT2D eigenvalue weighted by Gasteiger charge is 2.25. The molecule has 1 fully saturated rings. The van der Waals surface area contributed by atoms with Crippen molar-refractivity contribution in [3.63, 3.8) is 0 Å². The van der Waals surface area contributed by atoms with E-state index < -0.39 is 0 Å². The van der Waals surface area contributed by atoms with Crippen LogP contribution in [0.3, 0.4) is 0 Å². The summed E-state index contributed by atoms with van der Waals surface area (Å²) in [5.74, 6) is 0.325. The van der Waals surface area contributed by atoms with Crippen LogP contribution < -0.4 is 21.1 Å². The fourth-order valence-corrected chi connectivity index (χ4v) is 3.38. The molecule has 0 spiro atoms. The standard InChI is InChI=1S/C23H33N7O4/c1-34-21-6-5-17(12-20(21)32)13-27-14-18(22(33)28-10-9-26-8-3-7-24)15-29-23(25)30-11-2-4-19(30)16-31/h3,5-9,12,15,19,24,27,31-32H,2,4,10-11,13-14,16H2,1H3,(H2,25,29)(H,28,33)/b8-3-,18-15+,24-7?,26-9+/t19-/m0/s1. The number of aliphatic hydroxyl groups excluding tert-OH is 1. The highest BCUT2D eigenvalue weighted by molar-refractivity contribution is 5.95. The molecule has 0 aliphatic carbocycles. The zero-order valence-corrected chi connectivity index (χ0v) is 19.3. The van der Waals surface area contributed by atoms with Crippen molar-refractivity contribution in [2.24, 2.45) is 15.7 Å². The van der Waals surface area contributed by atoms with Crippen LogP contribution in [-0.2, 0) is 11.3 Å². The van der Waals surface area contributed by atoms with Crippen LogP contribution in [0.5, 0.6) is 11.5 Å². The number of phenolic OH excluding ortho intramolecular Hbond substituents is 1. The number of carbonyl (C=O) groups is 1. The summed E-state index contributed by atoms with van der Waals surface area (Å²) in [5.41, 5.74) is 7.27. The lowest BCUT2D eigenvalue weighted by atomic mass is 10.2. The van der Waals surface area contributed by atoms with Crippen molar-refractivity contribution in [3.8, 4) is 11.5 Å². The molecule has 1 heterocycles. The van der Waals surface area contributed by atoms with E-state index in [1.807, 2.05) is 11.0 Å². The number of amides is 1. The number of carbonyl (C=O) groups excluding carboxylic acids is 1. The van der Waals surface area contributed by atoms with E-state index >= 15 is 0 Å². The van der Waals surface area contributed by atoms with Gasteiger partial charge in [-0.15, -0.1) is 0 Å². The lowest BCUT2D eigenvalue weighted by Gasteiger charge is -2.23. The maximum Gasteiger partial charge on any atom is 0.250 e. The summed E-state index contributed by atoms with van der Waals surface area (Å²) in [6.07, 6.45) is 8.70. The molecular formula is C23H33N7O4. The number of aliphatic hydroxyl groups is 1. The Bertz CT molecular complexity index is 943. The predicted octanol–water partition coefficient (Wildman–Crippen LogP) is 0.496. The van der Waals surface area contributed by atoms with Crippen LogP contribution in [0.15, 0.2) is 52.2 Å². The van der Waals surface area contributed by atoms with Crippen LogP contribution in [0, 0.1) is 5.41 Å². The van der Waals surface area contributed by atoms with Crippen molar-refractivity contribution in [1.29, 1.82) is 5.41 Å². The summed E-state index contributed by atoms with van der Waals surface area (Å²) in [4.78, 5) is 22.8. The SMILES string of the molecule is COc1ccc(CNC/C(=C\N=C(/N)N2CCC[C@H]2CO)C(=O)NC/C=N/C=C\C=N)cc1O. The number of aliphatic imine (C=N–C) groups is 2. The number of methoxy groups -OCH3 is 1. The van der Waals surface area contributed by atoms with Crippen LogP contribution in [0.1, 0.15) is 18.4 Å². The molecule has 2 rings (SSSR count). The lowest BCUT2D eigenvalue weighted by molar-refractivity contribution is -0.117. The van der Waals surface area contributed by atoms with Gasteiger partial charge in [0.15, 0.2) is 17.5 Å². The molecule has 0 bridgehead atoms. The Labute approximate surface area is 199 Å². The molecule has 0 aromatic heterocycles. The van der Waals surface area contributed by atoms with E-state index in [1.54, 1.807) is 12.1 Å². The first-order chi connectivity index (χ1) is 16.5. The molecule has 34 heavy (non-hydrogen) atoms. The summed E-state index contributed by atoms with van der Waals surface area (Å²) >= 11 is 0. The third-order valence-electron chi connectivity index (χ3n) is 5.14. The van der Waals surface area contributed by atoms with Crippen molar-refractivity contribution in [2.45, 2.75) is 25.4 Å². The van der Waals surface area contributed by atoms with Gasteiger partial charge in [0.05, 0.1) is 26.3 Å². The molecule has 7 N–H and O–H groups in total. The Morgan fingerprint density at radius 2 is 2.26 bits per heavy atom. The van der Waals surface area contributed by atoms with Gasteiger partial charge in [0.1, 0.15) is 0 Å². The number of nitrogens with one attached hydrogen (secondary N) is 3. The molecule has 11 heteroatoms. The summed E-state index contributed by atoms with van der Waals surface area (Å²) in [6.45, 7) is 1.49. The Balaban J connectivity index is 2.06. The van der Waals surface area contributed by atoms with E-state index in [-0.39, 0.29) is 43.4 Å². The molecule has 1 aromatic carbocycles. The van der Waals surface area contributed by atoms with Gasteiger partial charge in [-0.2, -0.15) is 0 Å². The normalized spacial score (nSPS) is 17.0. The Morgan fingerprint density at radius 3 is 2.97 bits per heavy atom. The van der Waals surface area contributed by atoms with Crippen molar-refractivity contribution < 1.29 is 19.7 Å². The molecule has 1 atom stereocenters. The number of benzene rings is 1. The van der Waals surface area contributed by atoms with Crippen LogP contribution in [-0.4, -0.2) is 78.8 Å². The number of nitrogens with two attached hydrogens (primary N) is 1. The molecule has 1 aliphatic heterocycles. The number of likely N-dealkylation sites (tertiary alicyclic amines) is 1.